The maximum absolute atomic E-state index is 11.5. The summed E-state index contributed by atoms with van der Waals surface area (Å²) < 4.78 is 0. The lowest BCUT2D eigenvalue weighted by Gasteiger charge is -2.01. The molecule has 0 radical (unpaired) electrons. The Morgan fingerprint density at radius 3 is 3.00 bits per heavy atom. The highest BCUT2D eigenvalue weighted by molar-refractivity contribution is 5.90. The fraction of sp³-hybridized carbons (Fsp3) is 0.111. The van der Waals surface area contributed by atoms with Crippen molar-refractivity contribution < 1.29 is 4.79 Å². The standard InChI is InChI=1S/C9H9N5O/c15-9(5-7-1-4-12-14-7)13-8-2-3-10-6-11-8/h1-4,6H,5H2,(H,12,14)(H,10,11,13,15). The average molecular weight is 203 g/mol. The van der Waals surface area contributed by atoms with Crippen molar-refractivity contribution in [2.75, 3.05) is 5.32 Å². The highest BCUT2D eigenvalue weighted by Crippen LogP contribution is 2.00. The molecule has 0 aliphatic heterocycles. The van der Waals surface area contributed by atoms with E-state index in [0.29, 0.717) is 5.82 Å². The number of hydrogen-bond donors (Lipinski definition) is 2. The number of hydrogen-bond acceptors (Lipinski definition) is 4. The molecule has 6 heteroatoms. The third kappa shape index (κ3) is 2.60. The maximum atomic E-state index is 11.5. The van der Waals surface area contributed by atoms with Crippen LogP contribution in [0.15, 0.2) is 30.9 Å². The quantitative estimate of drug-likeness (QED) is 0.755. The number of nitrogens with zero attached hydrogens (tertiary/aromatic N) is 3. The van der Waals surface area contributed by atoms with Crippen LogP contribution in [0.1, 0.15) is 5.69 Å². The first kappa shape index (κ1) is 9.32. The molecule has 15 heavy (non-hydrogen) atoms. The van der Waals surface area contributed by atoms with Gasteiger partial charge in [0.15, 0.2) is 0 Å². The van der Waals surface area contributed by atoms with Crippen LogP contribution in [0.4, 0.5) is 5.82 Å². The summed E-state index contributed by atoms with van der Waals surface area (Å²) in [6.45, 7) is 0. The molecule has 0 spiro atoms. The number of aromatic amines is 1. The zero-order valence-corrected chi connectivity index (χ0v) is 7.84. The van der Waals surface area contributed by atoms with Crippen molar-refractivity contribution in [2.45, 2.75) is 6.42 Å². The smallest absolute Gasteiger partial charge is 0.231 e. The van der Waals surface area contributed by atoms with E-state index in [9.17, 15) is 4.79 Å². The lowest BCUT2D eigenvalue weighted by Crippen LogP contribution is -2.15. The predicted octanol–water partition coefficient (Wildman–Crippen LogP) is 0.381. The van der Waals surface area contributed by atoms with E-state index in [0.717, 1.165) is 5.69 Å². The fourth-order valence-corrected chi connectivity index (χ4v) is 1.11. The first-order valence-electron chi connectivity index (χ1n) is 4.39. The second-order valence-electron chi connectivity index (χ2n) is 2.90. The molecule has 0 saturated heterocycles. The fourth-order valence-electron chi connectivity index (χ4n) is 1.11. The van der Waals surface area contributed by atoms with Crippen molar-refractivity contribution in [3.63, 3.8) is 0 Å². The lowest BCUT2D eigenvalue weighted by molar-refractivity contribution is -0.115. The summed E-state index contributed by atoms with van der Waals surface area (Å²) in [4.78, 5) is 19.1. The average Bonchev–Trinajstić information content (AvgIpc) is 2.71. The number of H-pyrrole nitrogens is 1. The van der Waals surface area contributed by atoms with Gasteiger partial charge < -0.3 is 5.32 Å². The van der Waals surface area contributed by atoms with E-state index in [1.165, 1.54) is 6.33 Å². The normalized spacial score (nSPS) is 9.87. The number of aromatic nitrogens is 4. The van der Waals surface area contributed by atoms with Gasteiger partial charge in [0, 0.05) is 18.1 Å². The van der Waals surface area contributed by atoms with Crippen molar-refractivity contribution >= 4 is 11.7 Å². The highest BCUT2D eigenvalue weighted by Gasteiger charge is 2.04. The molecule has 1 amide bonds. The summed E-state index contributed by atoms with van der Waals surface area (Å²) >= 11 is 0. The van der Waals surface area contributed by atoms with E-state index in [2.05, 4.69) is 25.5 Å². The predicted molar refractivity (Wildman–Crippen MR) is 53.0 cm³/mol. The Morgan fingerprint density at radius 2 is 2.33 bits per heavy atom. The first-order chi connectivity index (χ1) is 7.34. The van der Waals surface area contributed by atoms with E-state index < -0.39 is 0 Å². The van der Waals surface area contributed by atoms with Gasteiger partial charge in [0.1, 0.15) is 12.1 Å². The number of nitrogens with one attached hydrogen (secondary N) is 2. The number of amides is 1. The van der Waals surface area contributed by atoms with E-state index in [-0.39, 0.29) is 12.3 Å². The van der Waals surface area contributed by atoms with E-state index in [1.807, 2.05) is 0 Å². The Morgan fingerprint density at radius 1 is 1.40 bits per heavy atom. The van der Waals surface area contributed by atoms with Crippen molar-refractivity contribution in [3.8, 4) is 0 Å². The Kier molecular flexibility index (Phi) is 2.68. The maximum Gasteiger partial charge on any atom is 0.231 e. The van der Waals surface area contributed by atoms with Gasteiger partial charge >= 0.3 is 0 Å². The Bertz CT molecular complexity index is 425. The van der Waals surface area contributed by atoms with Gasteiger partial charge in [0.25, 0.3) is 0 Å². The lowest BCUT2D eigenvalue weighted by atomic mass is 10.3. The Labute approximate surface area is 85.8 Å². The van der Waals surface area contributed by atoms with Crippen molar-refractivity contribution in [1.29, 1.82) is 0 Å². The third-order valence-corrected chi connectivity index (χ3v) is 1.76. The minimum absolute atomic E-state index is 0.141. The molecule has 2 aromatic heterocycles. The molecule has 0 aromatic carbocycles. The van der Waals surface area contributed by atoms with E-state index in [4.69, 9.17) is 0 Å². The van der Waals surface area contributed by atoms with Crippen LogP contribution in [0.3, 0.4) is 0 Å². The van der Waals surface area contributed by atoms with Crippen LogP contribution < -0.4 is 5.32 Å². The summed E-state index contributed by atoms with van der Waals surface area (Å²) in [5.41, 5.74) is 0.765. The summed E-state index contributed by atoms with van der Waals surface area (Å²) in [6.07, 6.45) is 4.81. The van der Waals surface area contributed by atoms with Crippen LogP contribution in [0.25, 0.3) is 0 Å². The molecule has 2 aromatic rings. The molecule has 0 atom stereocenters. The van der Waals surface area contributed by atoms with Crippen LogP contribution in [-0.2, 0) is 11.2 Å². The zero-order valence-electron chi connectivity index (χ0n) is 7.84. The summed E-state index contributed by atoms with van der Waals surface area (Å²) in [6, 6.07) is 3.38. The van der Waals surface area contributed by atoms with E-state index in [1.54, 1.807) is 24.5 Å². The Balaban J connectivity index is 1.94. The second-order valence-corrected chi connectivity index (χ2v) is 2.90. The molecular weight excluding hydrogens is 194 g/mol. The number of rotatable bonds is 3. The molecule has 6 nitrogen and oxygen atoms in total. The van der Waals surface area contributed by atoms with Crippen molar-refractivity contribution in [3.05, 3.63) is 36.5 Å². The number of anilines is 1. The minimum Gasteiger partial charge on any atom is -0.310 e. The summed E-state index contributed by atoms with van der Waals surface area (Å²) in [5.74, 6) is 0.354. The van der Waals surface area contributed by atoms with Gasteiger partial charge in [0.2, 0.25) is 5.91 Å². The molecule has 0 fully saturated rings. The van der Waals surface area contributed by atoms with Gasteiger partial charge in [-0.25, -0.2) is 9.97 Å². The zero-order chi connectivity index (χ0) is 10.5. The monoisotopic (exact) mass is 203 g/mol. The highest BCUT2D eigenvalue weighted by atomic mass is 16.1. The second kappa shape index (κ2) is 4.32. The molecule has 2 N–H and O–H groups in total. The van der Waals surface area contributed by atoms with Gasteiger partial charge in [-0.1, -0.05) is 0 Å². The number of carbonyl (C=O) groups is 1. The van der Waals surface area contributed by atoms with E-state index >= 15 is 0 Å². The van der Waals surface area contributed by atoms with Gasteiger partial charge in [-0.05, 0) is 12.1 Å². The topological polar surface area (TPSA) is 83.6 Å². The van der Waals surface area contributed by atoms with Crippen LogP contribution in [-0.4, -0.2) is 26.1 Å². The first-order valence-corrected chi connectivity index (χ1v) is 4.39. The van der Waals surface area contributed by atoms with Crippen LogP contribution >= 0.6 is 0 Å². The molecule has 2 rings (SSSR count). The molecule has 0 unspecified atom stereocenters. The largest absolute Gasteiger partial charge is 0.310 e. The molecule has 0 saturated carbocycles. The molecule has 0 aliphatic rings. The van der Waals surface area contributed by atoms with Gasteiger partial charge in [0.05, 0.1) is 6.42 Å². The third-order valence-electron chi connectivity index (χ3n) is 1.76. The van der Waals surface area contributed by atoms with Gasteiger partial charge in [-0.3, -0.25) is 9.89 Å². The van der Waals surface area contributed by atoms with Gasteiger partial charge in [-0.15, -0.1) is 0 Å². The Hall–Kier alpha value is -2.24. The van der Waals surface area contributed by atoms with Gasteiger partial charge in [-0.2, -0.15) is 5.10 Å². The molecule has 0 aliphatic carbocycles. The summed E-state index contributed by atoms with van der Waals surface area (Å²) in [5, 5.41) is 9.10. The number of carbonyl (C=O) groups excluding carboxylic acids is 1. The SMILES string of the molecule is O=C(Cc1ccn[nH]1)Nc1ccncn1. The molecule has 76 valence electrons. The minimum atomic E-state index is -0.141. The summed E-state index contributed by atoms with van der Waals surface area (Å²) in [7, 11) is 0. The van der Waals surface area contributed by atoms with Crippen molar-refractivity contribution in [1.82, 2.24) is 20.2 Å². The van der Waals surface area contributed by atoms with Crippen LogP contribution in [0.2, 0.25) is 0 Å². The molecule has 0 bridgehead atoms. The molecular formula is C9H9N5O. The van der Waals surface area contributed by atoms with Crippen molar-refractivity contribution in [2.24, 2.45) is 0 Å². The molecule has 2 heterocycles. The van der Waals surface area contributed by atoms with Crippen LogP contribution in [0, 0.1) is 0 Å². The van der Waals surface area contributed by atoms with Crippen LogP contribution in [0.5, 0.6) is 0 Å².